The molecule has 0 N–H and O–H groups in total. The van der Waals surface area contributed by atoms with E-state index in [0.717, 1.165) is 16.6 Å². The normalized spacial score (nSPS) is 15.4. The smallest absolute Gasteiger partial charge is 0.264 e. The number of carbonyl (C=O) groups is 3. The van der Waals surface area contributed by atoms with Gasteiger partial charge in [0.1, 0.15) is 11.6 Å². The van der Waals surface area contributed by atoms with Crippen LogP contribution in [0.1, 0.15) is 21.7 Å². The van der Waals surface area contributed by atoms with Gasteiger partial charge in [0.25, 0.3) is 11.8 Å². The third-order valence-corrected chi connectivity index (χ3v) is 7.50. The van der Waals surface area contributed by atoms with Gasteiger partial charge in [-0.2, -0.15) is 0 Å². The number of fused-ring (bicyclic) bond motifs is 1. The number of anilines is 1. The molecule has 7 nitrogen and oxygen atoms in total. The Hall–Kier alpha value is -4.56. The maximum absolute atomic E-state index is 13.6. The summed E-state index contributed by atoms with van der Waals surface area (Å²) in [6.07, 6.45) is 0.521. The zero-order valence-corrected chi connectivity index (χ0v) is 21.1. The molecule has 1 aliphatic heterocycles. The molecule has 38 heavy (non-hydrogen) atoms. The highest BCUT2D eigenvalue weighted by atomic mass is 32.1. The second-order valence-electron chi connectivity index (χ2n) is 9.03. The Labute approximate surface area is 222 Å². The van der Waals surface area contributed by atoms with Gasteiger partial charge in [-0.15, -0.1) is 11.3 Å². The lowest BCUT2D eigenvalue weighted by Gasteiger charge is -2.27. The van der Waals surface area contributed by atoms with E-state index in [-0.39, 0.29) is 18.2 Å². The van der Waals surface area contributed by atoms with Crippen LogP contribution in [0.4, 0.5) is 5.69 Å². The predicted molar refractivity (Wildman–Crippen MR) is 146 cm³/mol. The molecule has 1 fully saturated rings. The Kier molecular flexibility index (Phi) is 6.31. The Morgan fingerprint density at radius 3 is 2.45 bits per heavy atom. The van der Waals surface area contributed by atoms with Crippen LogP contribution in [0.3, 0.4) is 0 Å². The summed E-state index contributed by atoms with van der Waals surface area (Å²) in [7, 11) is 0. The average Bonchev–Trinajstić information content (AvgIpc) is 3.69. The van der Waals surface area contributed by atoms with Gasteiger partial charge < -0.3 is 9.32 Å². The summed E-state index contributed by atoms with van der Waals surface area (Å²) in [5, 5.41) is 1.83. The Morgan fingerprint density at radius 1 is 0.947 bits per heavy atom. The van der Waals surface area contributed by atoms with E-state index in [1.807, 2.05) is 60.0 Å². The number of rotatable bonds is 7. The fourth-order valence-corrected chi connectivity index (χ4v) is 5.39. The van der Waals surface area contributed by atoms with Crippen molar-refractivity contribution in [3.05, 3.63) is 107 Å². The fraction of sp³-hybridized carbons (Fsp3) is 0.133. The van der Waals surface area contributed by atoms with Crippen molar-refractivity contribution in [3.8, 4) is 11.5 Å². The first kappa shape index (κ1) is 23.8. The molecule has 3 amide bonds. The van der Waals surface area contributed by atoms with Gasteiger partial charge in [0.15, 0.2) is 5.58 Å². The lowest BCUT2D eigenvalue weighted by molar-refractivity contribution is -0.122. The van der Waals surface area contributed by atoms with Gasteiger partial charge in [-0.1, -0.05) is 48.5 Å². The van der Waals surface area contributed by atoms with Crippen LogP contribution >= 0.6 is 11.3 Å². The van der Waals surface area contributed by atoms with Crippen LogP contribution in [-0.4, -0.2) is 40.2 Å². The molecule has 2 aromatic heterocycles. The highest BCUT2D eigenvalue weighted by Crippen LogP contribution is 2.30. The van der Waals surface area contributed by atoms with Gasteiger partial charge in [-0.25, -0.2) is 9.88 Å². The predicted octanol–water partition coefficient (Wildman–Crippen LogP) is 5.57. The van der Waals surface area contributed by atoms with E-state index in [2.05, 4.69) is 4.98 Å². The molecule has 8 heteroatoms. The number of nitrogens with zero attached hydrogens (tertiary/aromatic N) is 3. The van der Waals surface area contributed by atoms with Crippen molar-refractivity contribution in [1.82, 2.24) is 9.88 Å². The van der Waals surface area contributed by atoms with Gasteiger partial charge in [0.05, 0.1) is 17.0 Å². The summed E-state index contributed by atoms with van der Waals surface area (Å²) in [6, 6.07) is 26.9. The quantitative estimate of drug-likeness (QED) is 0.261. The van der Waals surface area contributed by atoms with Gasteiger partial charge in [0, 0.05) is 12.1 Å². The molecule has 1 atom stereocenters. The summed E-state index contributed by atoms with van der Waals surface area (Å²) >= 11 is 1.32. The second-order valence-corrected chi connectivity index (χ2v) is 9.98. The highest BCUT2D eigenvalue weighted by Gasteiger charge is 2.44. The van der Waals surface area contributed by atoms with Gasteiger partial charge >= 0.3 is 0 Å². The van der Waals surface area contributed by atoms with Crippen LogP contribution in [0.5, 0.6) is 0 Å². The summed E-state index contributed by atoms with van der Waals surface area (Å²) in [4.78, 5) is 47.9. The number of amides is 3. The molecule has 5 aromatic rings. The first-order valence-electron chi connectivity index (χ1n) is 12.3. The molecule has 1 aliphatic rings. The fourth-order valence-electron chi connectivity index (χ4n) is 4.71. The summed E-state index contributed by atoms with van der Waals surface area (Å²) in [6.45, 7) is 0.328. The minimum absolute atomic E-state index is 0.0579. The van der Waals surface area contributed by atoms with Gasteiger partial charge in [-0.05, 0) is 59.8 Å². The van der Waals surface area contributed by atoms with Crippen molar-refractivity contribution in [2.75, 3.05) is 11.4 Å². The third-order valence-electron chi connectivity index (χ3n) is 6.64. The molecule has 3 aromatic carbocycles. The average molecular weight is 522 g/mol. The molecule has 0 radical (unpaired) electrons. The number of para-hydroxylation sites is 2. The molecule has 3 heterocycles. The van der Waals surface area contributed by atoms with Crippen molar-refractivity contribution in [2.24, 2.45) is 0 Å². The Morgan fingerprint density at radius 2 is 1.71 bits per heavy atom. The number of aromatic nitrogens is 1. The van der Waals surface area contributed by atoms with Crippen molar-refractivity contribution in [3.63, 3.8) is 0 Å². The van der Waals surface area contributed by atoms with Crippen molar-refractivity contribution in [2.45, 2.75) is 18.9 Å². The number of imide groups is 1. The minimum Gasteiger partial charge on any atom is -0.436 e. The second kappa shape index (κ2) is 10.1. The summed E-state index contributed by atoms with van der Waals surface area (Å²) < 4.78 is 5.83. The van der Waals surface area contributed by atoms with Crippen LogP contribution in [-0.2, 0) is 16.0 Å². The van der Waals surface area contributed by atoms with E-state index in [9.17, 15) is 14.4 Å². The molecule has 1 unspecified atom stereocenters. The molecular weight excluding hydrogens is 498 g/mol. The Bertz CT molecular complexity index is 1580. The van der Waals surface area contributed by atoms with Crippen molar-refractivity contribution in [1.29, 1.82) is 0 Å². The van der Waals surface area contributed by atoms with Gasteiger partial charge in [0.2, 0.25) is 11.8 Å². The monoisotopic (exact) mass is 521 g/mol. The largest absolute Gasteiger partial charge is 0.436 e. The minimum atomic E-state index is -0.863. The molecule has 1 saturated heterocycles. The zero-order chi connectivity index (χ0) is 26.1. The van der Waals surface area contributed by atoms with E-state index in [0.29, 0.717) is 35.0 Å². The molecule has 0 bridgehead atoms. The van der Waals surface area contributed by atoms with E-state index in [1.165, 1.54) is 16.2 Å². The first-order chi connectivity index (χ1) is 18.6. The number of thiophene rings is 1. The number of oxazole rings is 1. The standard InChI is InChI=1S/C30H23N3O4S/c34-27-19-24(32(30(36)26-11-6-18-38-26)17-16-20-7-2-1-3-8-20)29(35)33(27)22-14-12-21(13-15-22)28-31-23-9-4-5-10-25(23)37-28/h1-15,18,24H,16-17,19H2. The molecular formula is C30H23N3O4S. The lowest BCUT2D eigenvalue weighted by atomic mass is 10.1. The number of carbonyl (C=O) groups excluding carboxylic acids is 3. The molecule has 0 spiro atoms. The summed E-state index contributed by atoms with van der Waals surface area (Å²) in [5.74, 6) is -0.514. The molecule has 0 aliphatic carbocycles. The molecule has 6 rings (SSSR count). The maximum atomic E-state index is 13.6. The van der Waals surface area contributed by atoms with Crippen LogP contribution < -0.4 is 4.90 Å². The lowest BCUT2D eigenvalue weighted by Crippen LogP contribution is -2.46. The number of hydrogen-bond donors (Lipinski definition) is 0. The van der Waals surface area contributed by atoms with E-state index in [1.54, 1.807) is 41.3 Å². The third kappa shape index (κ3) is 4.50. The molecule has 0 saturated carbocycles. The zero-order valence-electron chi connectivity index (χ0n) is 20.3. The Balaban J connectivity index is 1.25. The van der Waals surface area contributed by atoms with E-state index < -0.39 is 11.9 Å². The SMILES string of the molecule is O=C1CC(N(CCc2ccccc2)C(=O)c2cccs2)C(=O)N1c1ccc(-c2nc3ccccc3o2)cc1. The molecule has 188 valence electrons. The van der Waals surface area contributed by atoms with Crippen LogP contribution in [0.2, 0.25) is 0 Å². The first-order valence-corrected chi connectivity index (χ1v) is 13.2. The van der Waals surface area contributed by atoms with Gasteiger partial charge in [-0.3, -0.25) is 14.4 Å². The summed E-state index contributed by atoms with van der Waals surface area (Å²) in [5.41, 5.74) is 3.68. The van der Waals surface area contributed by atoms with Crippen LogP contribution in [0.25, 0.3) is 22.6 Å². The highest BCUT2D eigenvalue weighted by molar-refractivity contribution is 7.12. The van der Waals surface area contributed by atoms with Crippen LogP contribution in [0.15, 0.2) is 101 Å². The topological polar surface area (TPSA) is 83.7 Å². The van der Waals surface area contributed by atoms with Crippen molar-refractivity contribution < 1.29 is 18.8 Å². The number of hydrogen-bond acceptors (Lipinski definition) is 6. The van der Waals surface area contributed by atoms with Crippen molar-refractivity contribution >= 4 is 45.8 Å². The van der Waals surface area contributed by atoms with Crippen LogP contribution in [0, 0.1) is 0 Å². The maximum Gasteiger partial charge on any atom is 0.264 e. The van der Waals surface area contributed by atoms with E-state index in [4.69, 9.17) is 4.42 Å². The van der Waals surface area contributed by atoms with E-state index >= 15 is 0 Å². The number of benzene rings is 3.